The molecule has 0 aliphatic rings. The Kier molecular flexibility index (Phi) is 3.16. The minimum Gasteiger partial charge on any atom is -0.868 e. The maximum absolute atomic E-state index is 11.8. The third-order valence-corrected chi connectivity index (χ3v) is 2.94. The second-order valence-electron chi connectivity index (χ2n) is 4.80. The number of hydrogen-bond donors (Lipinski definition) is 0. The molecule has 2 heteroatoms. The molecule has 2 aromatic rings. The molecule has 0 aliphatic carbocycles. The van der Waals surface area contributed by atoms with E-state index in [1.807, 2.05) is 30.3 Å². The highest BCUT2D eigenvalue weighted by molar-refractivity contribution is 5.53. The van der Waals surface area contributed by atoms with Gasteiger partial charge in [0.15, 0.2) is 0 Å². The first kappa shape index (κ1) is 11.7. The first-order chi connectivity index (χ1) is 8.09. The van der Waals surface area contributed by atoms with E-state index >= 15 is 0 Å². The Bertz CT molecular complexity index is 491. The van der Waals surface area contributed by atoms with Gasteiger partial charge in [-0.1, -0.05) is 48.5 Å². The van der Waals surface area contributed by atoms with Crippen molar-refractivity contribution in [2.45, 2.75) is 6.54 Å². The second kappa shape index (κ2) is 4.60. The molecule has 0 amide bonds. The van der Waals surface area contributed by atoms with Crippen LogP contribution in [0.25, 0.3) is 0 Å². The highest BCUT2D eigenvalue weighted by Crippen LogP contribution is 2.29. The summed E-state index contributed by atoms with van der Waals surface area (Å²) < 4.78 is 0.573. The van der Waals surface area contributed by atoms with Crippen LogP contribution < -0.4 is 9.59 Å². The Labute approximate surface area is 102 Å². The quantitative estimate of drug-likeness (QED) is 0.739. The smallest absolute Gasteiger partial charge is 0.124 e. The molecule has 2 aromatic carbocycles. The van der Waals surface area contributed by atoms with Crippen LogP contribution in [-0.2, 0) is 6.54 Å². The summed E-state index contributed by atoms with van der Waals surface area (Å²) in [5, 5.41) is 11.8. The fraction of sp³-hybridized carbons (Fsp3) is 0.200. The summed E-state index contributed by atoms with van der Waals surface area (Å²) in [6, 6.07) is 17.5. The zero-order chi connectivity index (χ0) is 12.3. The third-order valence-electron chi connectivity index (χ3n) is 2.94. The van der Waals surface area contributed by atoms with Gasteiger partial charge in [0.2, 0.25) is 0 Å². The molecule has 0 bridgehead atoms. The van der Waals surface area contributed by atoms with Crippen LogP contribution in [0, 0.1) is 0 Å². The second-order valence-corrected chi connectivity index (χ2v) is 4.80. The van der Waals surface area contributed by atoms with Gasteiger partial charge >= 0.3 is 0 Å². The molecule has 0 spiro atoms. The Morgan fingerprint density at radius 3 is 2.12 bits per heavy atom. The monoisotopic (exact) mass is 227 g/mol. The Hall–Kier alpha value is -1.80. The molecule has 0 N–H and O–H groups in total. The maximum Gasteiger partial charge on any atom is 0.124 e. The first-order valence-corrected chi connectivity index (χ1v) is 5.73. The number of para-hydroxylation sites is 2. The third kappa shape index (κ3) is 2.66. The van der Waals surface area contributed by atoms with Crippen molar-refractivity contribution < 1.29 is 5.11 Å². The number of nitrogens with zero attached hydrogens (tertiary/aromatic N) is 1. The molecule has 0 saturated carbocycles. The van der Waals surface area contributed by atoms with E-state index < -0.39 is 0 Å². The van der Waals surface area contributed by atoms with Crippen LogP contribution in [0.5, 0.6) is 5.75 Å². The number of quaternary nitrogens is 1. The molecule has 2 rings (SSSR count). The van der Waals surface area contributed by atoms with Crippen LogP contribution in [0.15, 0.2) is 54.6 Å². The van der Waals surface area contributed by atoms with Gasteiger partial charge in [0, 0.05) is 5.56 Å². The van der Waals surface area contributed by atoms with Gasteiger partial charge in [-0.15, -0.1) is 0 Å². The van der Waals surface area contributed by atoms with Crippen molar-refractivity contribution in [3.8, 4) is 5.75 Å². The van der Waals surface area contributed by atoms with Crippen LogP contribution in [0.4, 0.5) is 5.69 Å². The van der Waals surface area contributed by atoms with E-state index in [1.54, 1.807) is 12.1 Å². The van der Waals surface area contributed by atoms with Crippen molar-refractivity contribution in [3.63, 3.8) is 0 Å². The molecular weight excluding hydrogens is 210 g/mol. The highest BCUT2D eigenvalue weighted by atomic mass is 16.3. The summed E-state index contributed by atoms with van der Waals surface area (Å²) in [7, 11) is 4.12. The number of rotatable bonds is 3. The summed E-state index contributed by atoms with van der Waals surface area (Å²) in [5.74, 6) is 0.105. The lowest BCUT2D eigenvalue weighted by Crippen LogP contribution is -2.40. The maximum atomic E-state index is 11.8. The Morgan fingerprint density at radius 2 is 1.47 bits per heavy atom. The van der Waals surface area contributed by atoms with Crippen molar-refractivity contribution in [3.05, 3.63) is 60.2 Å². The zero-order valence-electron chi connectivity index (χ0n) is 10.3. The van der Waals surface area contributed by atoms with Crippen LogP contribution in [-0.4, -0.2) is 14.1 Å². The van der Waals surface area contributed by atoms with E-state index in [9.17, 15) is 5.11 Å². The van der Waals surface area contributed by atoms with Gasteiger partial charge in [-0.2, -0.15) is 0 Å². The number of benzene rings is 2. The lowest BCUT2D eigenvalue weighted by molar-refractivity contribution is -0.268. The molecular formula is C15H17NO. The van der Waals surface area contributed by atoms with Crippen molar-refractivity contribution in [2.75, 3.05) is 14.1 Å². The van der Waals surface area contributed by atoms with Gasteiger partial charge in [-0.05, 0) is 11.8 Å². The lowest BCUT2D eigenvalue weighted by Gasteiger charge is -2.32. The van der Waals surface area contributed by atoms with E-state index in [-0.39, 0.29) is 5.75 Å². The van der Waals surface area contributed by atoms with Gasteiger partial charge in [0.25, 0.3) is 0 Å². The fourth-order valence-corrected chi connectivity index (χ4v) is 2.08. The number of hydrogen-bond acceptors (Lipinski definition) is 1. The van der Waals surface area contributed by atoms with Crippen LogP contribution in [0.2, 0.25) is 0 Å². The molecule has 0 atom stereocenters. The molecule has 0 heterocycles. The van der Waals surface area contributed by atoms with Gasteiger partial charge in [-0.3, -0.25) is 4.48 Å². The van der Waals surface area contributed by atoms with E-state index in [2.05, 4.69) is 26.2 Å². The molecule has 0 aromatic heterocycles. The van der Waals surface area contributed by atoms with Gasteiger partial charge in [0.05, 0.1) is 14.1 Å². The van der Waals surface area contributed by atoms with Crippen LogP contribution in [0.3, 0.4) is 0 Å². The topological polar surface area (TPSA) is 23.1 Å². The zero-order valence-corrected chi connectivity index (χ0v) is 10.3. The Morgan fingerprint density at radius 1 is 0.882 bits per heavy atom. The van der Waals surface area contributed by atoms with Gasteiger partial charge in [-0.25, -0.2) is 0 Å². The average Bonchev–Trinajstić information content (AvgIpc) is 2.30. The Balaban J connectivity index is 2.28. The predicted molar refractivity (Wildman–Crippen MR) is 69.7 cm³/mol. The van der Waals surface area contributed by atoms with Crippen molar-refractivity contribution in [2.24, 2.45) is 0 Å². The molecule has 0 fully saturated rings. The molecule has 0 aliphatic heterocycles. The summed E-state index contributed by atoms with van der Waals surface area (Å²) >= 11 is 0. The van der Waals surface area contributed by atoms with E-state index in [0.29, 0.717) is 4.48 Å². The standard InChI is InChI=1S/C15H17NO/c1-16(2,12-13-8-4-3-5-9-13)14-10-6-7-11-15(14)17/h3-11H,12H2,1-2H3. The predicted octanol–water partition coefficient (Wildman–Crippen LogP) is 2.53. The molecule has 88 valence electrons. The summed E-state index contributed by atoms with van der Waals surface area (Å²) in [4.78, 5) is 0. The van der Waals surface area contributed by atoms with E-state index in [4.69, 9.17) is 0 Å². The minimum absolute atomic E-state index is 0.105. The van der Waals surface area contributed by atoms with Crippen molar-refractivity contribution in [1.29, 1.82) is 0 Å². The average molecular weight is 227 g/mol. The largest absolute Gasteiger partial charge is 0.868 e. The van der Waals surface area contributed by atoms with Gasteiger partial charge in [0.1, 0.15) is 12.2 Å². The molecule has 2 nitrogen and oxygen atoms in total. The molecule has 0 unspecified atom stereocenters. The summed E-state index contributed by atoms with van der Waals surface area (Å²) in [5.41, 5.74) is 2.07. The van der Waals surface area contributed by atoms with E-state index in [1.165, 1.54) is 5.56 Å². The first-order valence-electron chi connectivity index (χ1n) is 5.73. The van der Waals surface area contributed by atoms with Crippen LogP contribution in [0.1, 0.15) is 5.56 Å². The normalized spacial score (nSPS) is 11.4. The summed E-state index contributed by atoms with van der Waals surface area (Å²) in [6.07, 6.45) is 0. The van der Waals surface area contributed by atoms with Gasteiger partial charge < -0.3 is 5.11 Å². The fourth-order valence-electron chi connectivity index (χ4n) is 2.08. The molecule has 0 saturated heterocycles. The lowest BCUT2D eigenvalue weighted by atomic mass is 10.1. The SMILES string of the molecule is C[N+](C)(Cc1ccccc1)c1ccccc1[O-]. The van der Waals surface area contributed by atoms with Crippen molar-refractivity contribution in [1.82, 2.24) is 4.48 Å². The van der Waals surface area contributed by atoms with Crippen LogP contribution >= 0.6 is 0 Å². The highest BCUT2D eigenvalue weighted by Gasteiger charge is 2.19. The minimum atomic E-state index is 0.105. The van der Waals surface area contributed by atoms with E-state index in [0.717, 1.165) is 12.2 Å². The molecule has 0 radical (unpaired) electrons. The molecule has 17 heavy (non-hydrogen) atoms. The summed E-state index contributed by atoms with van der Waals surface area (Å²) in [6.45, 7) is 0.820. The van der Waals surface area contributed by atoms with Crippen molar-refractivity contribution >= 4 is 5.69 Å².